The van der Waals surface area contributed by atoms with Crippen molar-refractivity contribution in [3.05, 3.63) is 188 Å². The average molecular weight is 662 g/mol. The maximum atomic E-state index is 5.42. The Bertz CT molecular complexity index is 3100. The lowest BCUT2D eigenvalue weighted by Gasteiger charge is -2.14. The largest absolute Gasteiger partial charge is 0.309 e. The highest BCUT2D eigenvalue weighted by atomic mass is 15.1. The van der Waals surface area contributed by atoms with Gasteiger partial charge in [0, 0.05) is 43.6 Å². The standard InChI is InChI=1S/C49H31N3/c1-4-16-32(17-5-1)34-30-41(33-18-6-2-7-19-33)50-45(31-34)52-43-27-15-12-24-39(43)46-44(52)29-28-37-36-22-10-11-23-38(36)49-48(47(37)46)40-25-13-14-26-42(40)51(49)35-20-8-3-9-21-35/h1-31H. The van der Waals surface area contributed by atoms with Gasteiger partial charge in [-0.1, -0.05) is 146 Å². The Labute approximate surface area is 300 Å². The molecular formula is C49H31N3. The van der Waals surface area contributed by atoms with Crippen molar-refractivity contribution < 1.29 is 0 Å². The number of hydrogen-bond donors (Lipinski definition) is 0. The van der Waals surface area contributed by atoms with Crippen molar-refractivity contribution in [2.75, 3.05) is 0 Å². The highest BCUT2D eigenvalue weighted by molar-refractivity contribution is 6.39. The van der Waals surface area contributed by atoms with Crippen LogP contribution in [0.4, 0.5) is 0 Å². The van der Waals surface area contributed by atoms with Crippen LogP contribution < -0.4 is 0 Å². The van der Waals surface area contributed by atoms with E-state index in [0.717, 1.165) is 44.9 Å². The van der Waals surface area contributed by atoms with Crippen LogP contribution in [0.2, 0.25) is 0 Å². The SMILES string of the molecule is c1ccc(-c2cc(-c3ccccc3)nc(-n3c4ccccc4c4c5c(ccc43)c3ccccc3c3c5c4ccccc4n3-c3ccccc3)c2)cc1. The molecule has 3 heteroatoms. The van der Waals surface area contributed by atoms with E-state index in [0.29, 0.717) is 0 Å². The summed E-state index contributed by atoms with van der Waals surface area (Å²) >= 11 is 0. The fraction of sp³-hybridized carbons (Fsp3) is 0. The van der Waals surface area contributed by atoms with Gasteiger partial charge in [-0.2, -0.15) is 0 Å². The Morgan fingerprint density at radius 1 is 0.327 bits per heavy atom. The summed E-state index contributed by atoms with van der Waals surface area (Å²) in [5.41, 5.74) is 10.2. The molecule has 0 aliphatic rings. The summed E-state index contributed by atoms with van der Waals surface area (Å²) in [6.07, 6.45) is 0. The van der Waals surface area contributed by atoms with Crippen LogP contribution in [-0.4, -0.2) is 14.1 Å². The molecule has 3 aromatic heterocycles. The summed E-state index contributed by atoms with van der Waals surface area (Å²) in [6.45, 7) is 0. The second-order valence-electron chi connectivity index (χ2n) is 13.5. The number of aromatic nitrogens is 3. The van der Waals surface area contributed by atoms with Gasteiger partial charge in [0.1, 0.15) is 5.82 Å². The number of pyridine rings is 1. The molecule has 0 N–H and O–H groups in total. The summed E-state index contributed by atoms with van der Waals surface area (Å²) in [5.74, 6) is 0.898. The van der Waals surface area contributed by atoms with Crippen molar-refractivity contribution in [2.45, 2.75) is 0 Å². The maximum Gasteiger partial charge on any atom is 0.138 e. The predicted molar refractivity (Wildman–Crippen MR) is 219 cm³/mol. The first-order chi connectivity index (χ1) is 25.8. The molecule has 0 atom stereocenters. The van der Waals surface area contributed by atoms with Gasteiger partial charge in [0.05, 0.1) is 27.8 Å². The third-order valence-corrected chi connectivity index (χ3v) is 10.7. The third kappa shape index (κ3) is 4.17. The first-order valence-corrected chi connectivity index (χ1v) is 17.8. The highest BCUT2D eigenvalue weighted by Crippen LogP contribution is 2.47. The second-order valence-corrected chi connectivity index (χ2v) is 13.5. The van der Waals surface area contributed by atoms with Gasteiger partial charge in [-0.05, 0) is 64.4 Å². The van der Waals surface area contributed by atoms with E-state index in [-0.39, 0.29) is 0 Å². The number of rotatable bonds is 4. The molecule has 0 saturated carbocycles. The van der Waals surface area contributed by atoms with Crippen LogP contribution in [0.3, 0.4) is 0 Å². The summed E-state index contributed by atoms with van der Waals surface area (Å²) in [7, 11) is 0. The van der Waals surface area contributed by atoms with Crippen molar-refractivity contribution in [3.63, 3.8) is 0 Å². The molecule has 0 radical (unpaired) electrons. The Morgan fingerprint density at radius 3 is 1.60 bits per heavy atom. The monoisotopic (exact) mass is 661 g/mol. The van der Waals surface area contributed by atoms with Crippen molar-refractivity contribution in [1.29, 1.82) is 0 Å². The minimum absolute atomic E-state index is 0.898. The highest BCUT2D eigenvalue weighted by Gasteiger charge is 2.23. The number of nitrogens with zero attached hydrogens (tertiary/aromatic N) is 3. The normalized spacial score (nSPS) is 11.8. The van der Waals surface area contributed by atoms with E-state index in [2.05, 4.69) is 197 Å². The molecule has 0 bridgehead atoms. The number of fused-ring (bicyclic) bond motifs is 12. The van der Waals surface area contributed by atoms with E-state index in [9.17, 15) is 0 Å². The van der Waals surface area contributed by atoms with E-state index in [1.54, 1.807) is 0 Å². The van der Waals surface area contributed by atoms with Gasteiger partial charge in [0.2, 0.25) is 0 Å². The molecule has 0 aliphatic carbocycles. The predicted octanol–water partition coefficient (Wildman–Crippen LogP) is 12.9. The minimum atomic E-state index is 0.898. The van der Waals surface area contributed by atoms with Crippen LogP contribution >= 0.6 is 0 Å². The molecule has 52 heavy (non-hydrogen) atoms. The van der Waals surface area contributed by atoms with E-state index in [4.69, 9.17) is 4.98 Å². The van der Waals surface area contributed by atoms with Gasteiger partial charge in [0.25, 0.3) is 0 Å². The molecule has 11 rings (SSSR count). The molecule has 8 aromatic carbocycles. The van der Waals surface area contributed by atoms with Crippen molar-refractivity contribution in [2.24, 2.45) is 0 Å². The van der Waals surface area contributed by atoms with E-state index in [1.807, 2.05) is 0 Å². The van der Waals surface area contributed by atoms with E-state index < -0.39 is 0 Å². The Balaban J connectivity index is 1.34. The van der Waals surface area contributed by atoms with Crippen LogP contribution in [0.5, 0.6) is 0 Å². The van der Waals surface area contributed by atoms with Crippen LogP contribution in [0.15, 0.2) is 188 Å². The van der Waals surface area contributed by atoms with E-state index >= 15 is 0 Å². The van der Waals surface area contributed by atoms with Gasteiger partial charge >= 0.3 is 0 Å². The average Bonchev–Trinajstić information content (AvgIpc) is 3.75. The van der Waals surface area contributed by atoms with Crippen molar-refractivity contribution >= 4 is 65.2 Å². The number of para-hydroxylation sites is 3. The number of benzene rings is 8. The van der Waals surface area contributed by atoms with Crippen LogP contribution in [0, 0.1) is 0 Å². The van der Waals surface area contributed by atoms with Crippen LogP contribution in [0.25, 0.3) is 99.0 Å². The van der Waals surface area contributed by atoms with Gasteiger partial charge < -0.3 is 4.57 Å². The molecule has 242 valence electrons. The Morgan fingerprint density at radius 2 is 0.885 bits per heavy atom. The van der Waals surface area contributed by atoms with Crippen LogP contribution in [-0.2, 0) is 0 Å². The molecule has 3 nitrogen and oxygen atoms in total. The summed E-state index contributed by atoms with van der Waals surface area (Å²) < 4.78 is 4.84. The fourth-order valence-electron chi connectivity index (χ4n) is 8.49. The van der Waals surface area contributed by atoms with Crippen molar-refractivity contribution in [3.8, 4) is 33.9 Å². The molecule has 0 spiro atoms. The van der Waals surface area contributed by atoms with Gasteiger partial charge in [-0.3, -0.25) is 4.57 Å². The number of hydrogen-bond acceptors (Lipinski definition) is 1. The fourth-order valence-corrected chi connectivity index (χ4v) is 8.49. The topological polar surface area (TPSA) is 22.8 Å². The van der Waals surface area contributed by atoms with Gasteiger partial charge in [-0.15, -0.1) is 0 Å². The molecule has 0 aliphatic heterocycles. The van der Waals surface area contributed by atoms with E-state index in [1.165, 1.54) is 54.1 Å². The molecular weight excluding hydrogens is 631 g/mol. The second kappa shape index (κ2) is 11.3. The first-order valence-electron chi connectivity index (χ1n) is 17.8. The van der Waals surface area contributed by atoms with Gasteiger partial charge in [0.15, 0.2) is 0 Å². The lowest BCUT2D eigenvalue weighted by Crippen LogP contribution is -2.00. The summed E-state index contributed by atoms with van der Waals surface area (Å²) in [4.78, 5) is 5.42. The zero-order valence-electron chi connectivity index (χ0n) is 28.2. The lowest BCUT2D eigenvalue weighted by atomic mass is 9.93. The zero-order chi connectivity index (χ0) is 34.2. The smallest absolute Gasteiger partial charge is 0.138 e. The first kappa shape index (κ1) is 28.8. The molecule has 0 saturated heterocycles. The quantitative estimate of drug-likeness (QED) is 0.172. The lowest BCUT2D eigenvalue weighted by molar-refractivity contribution is 1.08. The Hall–Kier alpha value is -6.97. The maximum absolute atomic E-state index is 5.42. The molecule has 3 heterocycles. The van der Waals surface area contributed by atoms with Crippen LogP contribution in [0.1, 0.15) is 0 Å². The Kier molecular flexibility index (Phi) is 6.25. The molecule has 11 aromatic rings. The minimum Gasteiger partial charge on any atom is -0.309 e. The molecule has 0 unspecified atom stereocenters. The molecule has 0 fully saturated rings. The third-order valence-electron chi connectivity index (χ3n) is 10.7. The zero-order valence-corrected chi connectivity index (χ0v) is 28.2. The van der Waals surface area contributed by atoms with Gasteiger partial charge in [-0.25, -0.2) is 4.98 Å². The molecule has 0 amide bonds. The van der Waals surface area contributed by atoms with Crippen molar-refractivity contribution in [1.82, 2.24) is 14.1 Å². The summed E-state index contributed by atoms with van der Waals surface area (Å²) in [5, 5.41) is 10.0. The summed E-state index contributed by atoms with van der Waals surface area (Å²) in [6, 6.07) is 67.6.